The van der Waals surface area contributed by atoms with Gasteiger partial charge in [-0.3, -0.25) is 9.52 Å². The molecule has 0 radical (unpaired) electrons. The summed E-state index contributed by atoms with van der Waals surface area (Å²) in [4.78, 5) is 11.5. The van der Waals surface area contributed by atoms with Crippen LogP contribution in [-0.4, -0.2) is 10.7 Å². The summed E-state index contributed by atoms with van der Waals surface area (Å²) >= 11 is 1.63. The summed E-state index contributed by atoms with van der Waals surface area (Å²) in [6.45, 7) is 4.37. The van der Waals surface area contributed by atoms with Crippen LogP contribution in [0.5, 0.6) is 0 Å². The molecule has 0 aromatic heterocycles. The Balaban J connectivity index is 1.68. The molecule has 0 aliphatic heterocycles. The Hall–Kier alpha value is -0.180. The lowest BCUT2D eigenvalue weighted by molar-refractivity contribution is -0.120. The van der Waals surface area contributed by atoms with Gasteiger partial charge in [-0.1, -0.05) is 13.3 Å². The normalized spacial score (nSPS) is 34.0. The van der Waals surface area contributed by atoms with Crippen molar-refractivity contribution in [3.8, 4) is 0 Å². The first-order valence-corrected chi connectivity index (χ1v) is 5.94. The quantitative estimate of drug-likeness (QED) is 0.704. The van der Waals surface area contributed by atoms with Crippen molar-refractivity contribution in [1.82, 2.24) is 4.72 Å². The number of hydrogen-bond acceptors (Lipinski definition) is 2. The van der Waals surface area contributed by atoms with Crippen molar-refractivity contribution in [2.45, 2.75) is 44.3 Å². The minimum atomic E-state index is 0.268. The Labute approximate surface area is 84.0 Å². The Bertz CT molecular complexity index is 225. The van der Waals surface area contributed by atoms with Gasteiger partial charge in [-0.05, 0) is 44.1 Å². The smallest absolute Gasteiger partial charge is 0.233 e. The highest BCUT2D eigenvalue weighted by Crippen LogP contribution is 2.47. The fourth-order valence-electron chi connectivity index (χ4n) is 1.55. The molecule has 0 aromatic carbocycles. The summed E-state index contributed by atoms with van der Waals surface area (Å²) in [6.07, 6.45) is 4.76. The van der Waals surface area contributed by atoms with Gasteiger partial charge in [0.2, 0.25) is 5.91 Å². The van der Waals surface area contributed by atoms with Crippen LogP contribution in [0.2, 0.25) is 0 Å². The van der Waals surface area contributed by atoms with Gasteiger partial charge >= 0.3 is 0 Å². The maximum Gasteiger partial charge on any atom is 0.233 e. The number of hydrogen-bond donors (Lipinski definition) is 1. The molecule has 2 aliphatic carbocycles. The second-order valence-corrected chi connectivity index (χ2v) is 5.92. The SMILES string of the molecule is CCC1CC1C(=O)NSC1(C)CC1. The van der Waals surface area contributed by atoms with E-state index in [1.54, 1.807) is 11.9 Å². The molecule has 2 atom stereocenters. The van der Waals surface area contributed by atoms with Gasteiger partial charge < -0.3 is 0 Å². The summed E-state index contributed by atoms with van der Waals surface area (Å²) in [6, 6.07) is 0. The third-order valence-electron chi connectivity index (χ3n) is 3.14. The van der Waals surface area contributed by atoms with Gasteiger partial charge in [-0.15, -0.1) is 0 Å². The molecular formula is C10H17NOS. The molecule has 2 saturated carbocycles. The fourth-order valence-corrected chi connectivity index (χ4v) is 2.35. The minimum Gasteiger partial charge on any atom is -0.299 e. The Morgan fingerprint density at radius 1 is 1.62 bits per heavy atom. The number of amides is 1. The zero-order valence-corrected chi connectivity index (χ0v) is 9.12. The van der Waals surface area contributed by atoms with E-state index >= 15 is 0 Å². The first kappa shape index (κ1) is 9.38. The average molecular weight is 199 g/mol. The Morgan fingerprint density at radius 3 is 2.77 bits per heavy atom. The Morgan fingerprint density at radius 2 is 2.31 bits per heavy atom. The minimum absolute atomic E-state index is 0.268. The summed E-state index contributed by atoms with van der Waals surface area (Å²) in [7, 11) is 0. The second-order valence-electron chi connectivity index (χ2n) is 4.53. The van der Waals surface area contributed by atoms with E-state index in [1.165, 1.54) is 12.8 Å². The molecule has 2 aliphatic rings. The first-order chi connectivity index (χ1) is 6.14. The molecule has 1 N–H and O–H groups in total. The summed E-state index contributed by atoms with van der Waals surface area (Å²) in [5.74, 6) is 1.28. The van der Waals surface area contributed by atoms with Crippen molar-refractivity contribution in [3.63, 3.8) is 0 Å². The molecular weight excluding hydrogens is 182 g/mol. The molecule has 0 saturated heterocycles. The topological polar surface area (TPSA) is 29.1 Å². The van der Waals surface area contributed by atoms with E-state index in [9.17, 15) is 4.79 Å². The van der Waals surface area contributed by atoms with Crippen molar-refractivity contribution in [2.24, 2.45) is 11.8 Å². The molecule has 2 rings (SSSR count). The Kier molecular flexibility index (Phi) is 2.30. The average Bonchev–Trinajstić information content (AvgIpc) is 2.97. The van der Waals surface area contributed by atoms with Crippen molar-refractivity contribution in [1.29, 1.82) is 0 Å². The lowest BCUT2D eigenvalue weighted by Crippen LogP contribution is -2.21. The number of rotatable bonds is 4. The molecule has 1 amide bonds. The first-order valence-electron chi connectivity index (χ1n) is 5.12. The molecule has 2 unspecified atom stereocenters. The standard InChI is InChI=1S/C10H17NOS/c1-3-7-6-8(7)9(12)11-13-10(2)4-5-10/h7-8H,3-6H2,1-2H3,(H,11,12). The van der Waals surface area contributed by atoms with E-state index in [1.807, 2.05) is 0 Å². The molecule has 0 aromatic rings. The van der Waals surface area contributed by atoms with Crippen LogP contribution in [0.3, 0.4) is 0 Å². The van der Waals surface area contributed by atoms with Gasteiger partial charge in [0, 0.05) is 10.7 Å². The molecule has 2 nitrogen and oxygen atoms in total. The highest BCUT2D eigenvalue weighted by Gasteiger charge is 2.44. The highest BCUT2D eigenvalue weighted by molar-refractivity contribution is 7.99. The van der Waals surface area contributed by atoms with Crippen molar-refractivity contribution in [2.75, 3.05) is 0 Å². The van der Waals surface area contributed by atoms with E-state index in [2.05, 4.69) is 18.6 Å². The van der Waals surface area contributed by atoms with Crippen LogP contribution in [0, 0.1) is 11.8 Å². The molecule has 0 spiro atoms. The second kappa shape index (κ2) is 3.19. The van der Waals surface area contributed by atoms with Gasteiger partial charge in [0.1, 0.15) is 0 Å². The van der Waals surface area contributed by atoms with Crippen LogP contribution < -0.4 is 4.72 Å². The van der Waals surface area contributed by atoms with E-state index in [-0.39, 0.29) is 5.91 Å². The largest absolute Gasteiger partial charge is 0.299 e. The zero-order chi connectivity index (χ0) is 9.47. The summed E-state index contributed by atoms with van der Waals surface area (Å²) in [5.41, 5.74) is 0. The van der Waals surface area contributed by atoms with Crippen molar-refractivity contribution in [3.05, 3.63) is 0 Å². The number of carbonyl (C=O) groups excluding carboxylic acids is 1. The molecule has 0 bridgehead atoms. The van der Waals surface area contributed by atoms with Gasteiger partial charge in [0.25, 0.3) is 0 Å². The molecule has 3 heteroatoms. The third-order valence-corrected chi connectivity index (χ3v) is 4.34. The molecule has 74 valence electrons. The molecule has 0 heterocycles. The van der Waals surface area contributed by atoms with Crippen LogP contribution >= 0.6 is 11.9 Å². The highest BCUT2D eigenvalue weighted by atomic mass is 32.2. The summed E-state index contributed by atoms with van der Waals surface area (Å²) < 4.78 is 3.36. The van der Waals surface area contributed by atoms with Gasteiger partial charge in [0.05, 0.1) is 0 Å². The van der Waals surface area contributed by atoms with Gasteiger partial charge in [0.15, 0.2) is 0 Å². The zero-order valence-electron chi connectivity index (χ0n) is 8.30. The van der Waals surface area contributed by atoms with Crippen LogP contribution in [-0.2, 0) is 4.79 Å². The van der Waals surface area contributed by atoms with E-state index in [0.29, 0.717) is 16.6 Å². The third kappa shape index (κ3) is 2.19. The number of carbonyl (C=O) groups is 1. The monoisotopic (exact) mass is 199 g/mol. The molecule has 13 heavy (non-hydrogen) atoms. The lowest BCUT2D eigenvalue weighted by Gasteiger charge is -2.08. The fraction of sp³-hybridized carbons (Fsp3) is 0.900. The van der Waals surface area contributed by atoms with Crippen LogP contribution in [0.1, 0.15) is 39.5 Å². The van der Waals surface area contributed by atoms with Crippen LogP contribution in [0.4, 0.5) is 0 Å². The predicted octanol–water partition coefficient (Wildman–Crippen LogP) is 2.35. The number of nitrogens with one attached hydrogen (secondary N) is 1. The van der Waals surface area contributed by atoms with Crippen molar-refractivity contribution < 1.29 is 4.79 Å². The van der Waals surface area contributed by atoms with Crippen molar-refractivity contribution >= 4 is 17.9 Å². The van der Waals surface area contributed by atoms with Gasteiger partial charge in [-0.2, -0.15) is 0 Å². The van der Waals surface area contributed by atoms with E-state index < -0.39 is 0 Å². The maximum absolute atomic E-state index is 11.5. The molecule has 2 fully saturated rings. The van der Waals surface area contributed by atoms with Crippen LogP contribution in [0.15, 0.2) is 0 Å². The van der Waals surface area contributed by atoms with Gasteiger partial charge in [-0.25, -0.2) is 0 Å². The predicted molar refractivity (Wildman–Crippen MR) is 55.3 cm³/mol. The lowest BCUT2D eigenvalue weighted by atomic mass is 10.2. The summed E-state index contributed by atoms with van der Waals surface area (Å²) in [5, 5.41) is 0. The maximum atomic E-state index is 11.5. The van der Waals surface area contributed by atoms with E-state index in [0.717, 1.165) is 12.8 Å². The van der Waals surface area contributed by atoms with E-state index in [4.69, 9.17) is 0 Å². The van der Waals surface area contributed by atoms with Crippen LogP contribution in [0.25, 0.3) is 0 Å².